The molecule has 150 valence electrons. The number of aromatic nitrogens is 4. The quantitative estimate of drug-likeness (QED) is 0.479. The van der Waals surface area contributed by atoms with Crippen LogP contribution in [0.2, 0.25) is 0 Å². The average molecular weight is 406 g/mol. The van der Waals surface area contributed by atoms with E-state index in [9.17, 15) is 0 Å². The van der Waals surface area contributed by atoms with Gasteiger partial charge in [0.05, 0.1) is 16.4 Å². The predicted molar refractivity (Wildman–Crippen MR) is 121 cm³/mol. The first-order chi connectivity index (χ1) is 14.0. The molecule has 1 aliphatic rings. The molecule has 1 atom stereocenters. The molecule has 0 bridgehead atoms. The summed E-state index contributed by atoms with van der Waals surface area (Å²) in [4.78, 5) is 19.9. The summed E-state index contributed by atoms with van der Waals surface area (Å²) in [5.41, 5.74) is 3.93. The standard InChI is InChI=1S/C23H27N5S/c1-23(2,3)14-8-9-15-18(12-14)29-22-20(15)21(25-13-26-22)24-11-10-19-27-16-6-4-5-7-17(16)28-19/h4-7,13-14H,8-12H2,1-3H3,(H,27,28)(H,24,25,26). The Balaban J connectivity index is 1.36. The Morgan fingerprint density at radius 2 is 2.07 bits per heavy atom. The number of rotatable bonds is 4. The monoisotopic (exact) mass is 405 g/mol. The first kappa shape index (κ1) is 18.6. The van der Waals surface area contributed by atoms with Crippen LogP contribution in [0.4, 0.5) is 5.82 Å². The molecule has 3 aromatic heterocycles. The zero-order valence-electron chi connectivity index (χ0n) is 17.2. The molecule has 29 heavy (non-hydrogen) atoms. The summed E-state index contributed by atoms with van der Waals surface area (Å²) < 4.78 is 0. The van der Waals surface area contributed by atoms with E-state index in [4.69, 9.17) is 0 Å². The highest BCUT2D eigenvalue weighted by Crippen LogP contribution is 2.44. The first-order valence-corrected chi connectivity index (χ1v) is 11.2. The molecule has 1 unspecified atom stereocenters. The predicted octanol–water partition coefficient (Wildman–Crippen LogP) is 5.37. The van der Waals surface area contributed by atoms with Crippen molar-refractivity contribution in [3.8, 4) is 0 Å². The molecule has 3 heterocycles. The van der Waals surface area contributed by atoms with E-state index in [2.05, 4.69) is 52.1 Å². The van der Waals surface area contributed by atoms with Gasteiger partial charge in [0, 0.05) is 17.8 Å². The molecule has 0 saturated carbocycles. The third-order valence-electron chi connectivity index (χ3n) is 6.16. The largest absolute Gasteiger partial charge is 0.369 e. The lowest BCUT2D eigenvalue weighted by atomic mass is 9.72. The molecule has 5 nitrogen and oxygen atoms in total. The Morgan fingerprint density at radius 3 is 2.90 bits per heavy atom. The molecule has 0 spiro atoms. The third kappa shape index (κ3) is 3.50. The fourth-order valence-corrected chi connectivity index (χ4v) is 5.67. The van der Waals surface area contributed by atoms with Crippen molar-refractivity contribution < 1.29 is 0 Å². The lowest BCUT2D eigenvalue weighted by Crippen LogP contribution is -2.26. The van der Waals surface area contributed by atoms with Gasteiger partial charge in [-0.1, -0.05) is 32.9 Å². The van der Waals surface area contributed by atoms with E-state index in [1.165, 1.54) is 22.2 Å². The van der Waals surface area contributed by atoms with Crippen LogP contribution in [0.3, 0.4) is 0 Å². The van der Waals surface area contributed by atoms with Crippen molar-refractivity contribution >= 4 is 38.4 Å². The summed E-state index contributed by atoms with van der Waals surface area (Å²) in [5.74, 6) is 2.71. The summed E-state index contributed by atoms with van der Waals surface area (Å²) in [6, 6.07) is 8.16. The number of para-hydroxylation sites is 2. The molecule has 5 rings (SSSR count). The molecule has 0 saturated heterocycles. The van der Waals surface area contributed by atoms with Crippen LogP contribution in [0.1, 0.15) is 43.5 Å². The number of thiophene rings is 1. The van der Waals surface area contributed by atoms with Gasteiger partial charge >= 0.3 is 0 Å². The second kappa shape index (κ2) is 7.10. The number of anilines is 1. The number of fused-ring (bicyclic) bond motifs is 4. The highest BCUT2D eigenvalue weighted by molar-refractivity contribution is 7.19. The number of nitrogens with one attached hydrogen (secondary N) is 2. The van der Waals surface area contributed by atoms with Gasteiger partial charge in [0.1, 0.15) is 22.8 Å². The number of imidazole rings is 1. The van der Waals surface area contributed by atoms with Crippen LogP contribution in [0.5, 0.6) is 0 Å². The van der Waals surface area contributed by atoms with Crippen molar-refractivity contribution in [1.29, 1.82) is 0 Å². The van der Waals surface area contributed by atoms with Crippen molar-refractivity contribution in [2.24, 2.45) is 11.3 Å². The Hall–Kier alpha value is -2.47. The second-order valence-corrected chi connectivity index (χ2v) is 10.2. The molecule has 2 N–H and O–H groups in total. The zero-order chi connectivity index (χ0) is 20.0. The number of aromatic amines is 1. The van der Waals surface area contributed by atoms with E-state index in [0.717, 1.165) is 59.2 Å². The minimum atomic E-state index is 0.354. The van der Waals surface area contributed by atoms with E-state index in [1.807, 2.05) is 29.5 Å². The number of hydrogen-bond acceptors (Lipinski definition) is 5. The lowest BCUT2D eigenvalue weighted by molar-refractivity contribution is 0.218. The van der Waals surface area contributed by atoms with Crippen molar-refractivity contribution in [2.45, 2.75) is 46.5 Å². The Labute approximate surface area is 175 Å². The van der Waals surface area contributed by atoms with Gasteiger partial charge in [0.2, 0.25) is 0 Å². The fraction of sp³-hybridized carbons (Fsp3) is 0.435. The minimum Gasteiger partial charge on any atom is -0.369 e. The molecule has 6 heteroatoms. The highest BCUT2D eigenvalue weighted by Gasteiger charge is 2.31. The highest BCUT2D eigenvalue weighted by atomic mass is 32.1. The van der Waals surface area contributed by atoms with Crippen molar-refractivity contribution in [3.63, 3.8) is 0 Å². The summed E-state index contributed by atoms with van der Waals surface area (Å²) in [5, 5.41) is 4.79. The Kier molecular flexibility index (Phi) is 4.54. The Morgan fingerprint density at radius 1 is 1.21 bits per heavy atom. The van der Waals surface area contributed by atoms with Crippen LogP contribution >= 0.6 is 11.3 Å². The topological polar surface area (TPSA) is 66.5 Å². The Bertz CT molecular complexity index is 1130. The molecular formula is C23H27N5S. The van der Waals surface area contributed by atoms with Gasteiger partial charge in [-0.05, 0) is 48.3 Å². The molecular weight excluding hydrogens is 378 g/mol. The molecule has 0 amide bonds. The second-order valence-electron chi connectivity index (χ2n) is 9.09. The number of nitrogens with zero attached hydrogens (tertiary/aromatic N) is 3. The summed E-state index contributed by atoms with van der Waals surface area (Å²) in [6.07, 6.45) is 6.06. The molecule has 4 aromatic rings. The van der Waals surface area contributed by atoms with Crippen LogP contribution in [0, 0.1) is 11.3 Å². The van der Waals surface area contributed by atoms with Crippen molar-refractivity contribution in [1.82, 2.24) is 19.9 Å². The minimum absolute atomic E-state index is 0.354. The molecule has 1 aliphatic carbocycles. The zero-order valence-corrected chi connectivity index (χ0v) is 18.1. The van der Waals surface area contributed by atoms with Crippen molar-refractivity contribution in [2.75, 3.05) is 11.9 Å². The molecule has 1 aromatic carbocycles. The van der Waals surface area contributed by atoms with Gasteiger partial charge in [-0.15, -0.1) is 11.3 Å². The van der Waals surface area contributed by atoms with Gasteiger partial charge < -0.3 is 10.3 Å². The van der Waals surface area contributed by atoms with E-state index >= 15 is 0 Å². The van der Waals surface area contributed by atoms with E-state index in [0.29, 0.717) is 5.41 Å². The smallest absolute Gasteiger partial charge is 0.138 e. The summed E-state index contributed by atoms with van der Waals surface area (Å²) in [7, 11) is 0. The maximum Gasteiger partial charge on any atom is 0.138 e. The van der Waals surface area contributed by atoms with Crippen LogP contribution < -0.4 is 5.32 Å². The third-order valence-corrected chi connectivity index (χ3v) is 7.33. The molecule has 0 radical (unpaired) electrons. The molecule has 0 fully saturated rings. The summed E-state index contributed by atoms with van der Waals surface area (Å²) in [6.45, 7) is 7.88. The fourth-order valence-electron chi connectivity index (χ4n) is 4.41. The normalized spacial score (nSPS) is 17.0. The number of H-pyrrole nitrogens is 1. The van der Waals surface area contributed by atoms with Gasteiger partial charge in [0.25, 0.3) is 0 Å². The average Bonchev–Trinajstić information content (AvgIpc) is 3.27. The lowest BCUT2D eigenvalue weighted by Gasteiger charge is -2.33. The van der Waals surface area contributed by atoms with Gasteiger partial charge in [-0.25, -0.2) is 15.0 Å². The van der Waals surface area contributed by atoms with E-state index < -0.39 is 0 Å². The van der Waals surface area contributed by atoms with Crippen molar-refractivity contribution in [3.05, 3.63) is 46.9 Å². The molecule has 0 aliphatic heterocycles. The van der Waals surface area contributed by atoms with Gasteiger partial charge in [-0.3, -0.25) is 0 Å². The number of benzene rings is 1. The van der Waals surface area contributed by atoms with E-state index in [1.54, 1.807) is 6.33 Å². The maximum atomic E-state index is 4.67. The van der Waals surface area contributed by atoms with Crippen LogP contribution in [0.25, 0.3) is 21.3 Å². The number of aryl methyl sites for hydroxylation is 1. The van der Waals surface area contributed by atoms with Crippen LogP contribution in [0.15, 0.2) is 30.6 Å². The summed E-state index contributed by atoms with van der Waals surface area (Å²) >= 11 is 1.86. The first-order valence-electron chi connectivity index (χ1n) is 10.4. The van der Waals surface area contributed by atoms with E-state index in [-0.39, 0.29) is 0 Å². The number of hydrogen-bond donors (Lipinski definition) is 2. The van der Waals surface area contributed by atoms with Gasteiger partial charge in [0.15, 0.2) is 0 Å². The van der Waals surface area contributed by atoms with Gasteiger partial charge in [-0.2, -0.15) is 0 Å². The maximum absolute atomic E-state index is 4.67. The SMILES string of the molecule is CC(C)(C)C1CCc2c(sc3ncnc(NCCc4nc5ccccc5[nH]4)c23)C1. The van der Waals surface area contributed by atoms with Crippen LogP contribution in [-0.2, 0) is 19.3 Å². The van der Waals surface area contributed by atoms with Crippen LogP contribution in [-0.4, -0.2) is 26.5 Å².